The first kappa shape index (κ1) is 31.3. The predicted molar refractivity (Wildman–Crippen MR) is 156 cm³/mol. The van der Waals surface area contributed by atoms with Gasteiger partial charge in [-0.15, -0.1) is 0 Å². The number of aromatic nitrogens is 1. The van der Waals surface area contributed by atoms with Crippen LogP contribution in [0.1, 0.15) is 67.2 Å². The van der Waals surface area contributed by atoms with E-state index in [1.54, 1.807) is 72.0 Å². The third-order valence-electron chi connectivity index (χ3n) is 7.56. The van der Waals surface area contributed by atoms with Crippen molar-refractivity contribution in [2.45, 2.75) is 96.6 Å². The summed E-state index contributed by atoms with van der Waals surface area (Å²) in [5.41, 5.74) is -2.26. The van der Waals surface area contributed by atoms with Gasteiger partial charge in [0.15, 0.2) is 0 Å². The topological polar surface area (TPSA) is 147 Å². The zero-order valence-corrected chi connectivity index (χ0v) is 25.6. The molecule has 228 valence electrons. The highest BCUT2D eigenvalue weighted by molar-refractivity contribution is 6.31. The first-order valence-electron chi connectivity index (χ1n) is 14.1. The Labute approximate surface area is 250 Å². The van der Waals surface area contributed by atoms with Crippen LogP contribution in [0, 0.1) is 5.41 Å². The number of alkyl carbamates (subject to hydrolysis) is 1. The van der Waals surface area contributed by atoms with Crippen LogP contribution in [0.3, 0.4) is 0 Å². The minimum absolute atomic E-state index is 0.0387. The molecule has 3 atom stereocenters. The molecule has 1 aromatic carbocycles. The van der Waals surface area contributed by atoms with Crippen LogP contribution in [0.2, 0.25) is 5.02 Å². The number of aliphatic carboxylic acids is 1. The van der Waals surface area contributed by atoms with Gasteiger partial charge in [0.05, 0.1) is 12.1 Å². The summed E-state index contributed by atoms with van der Waals surface area (Å²) in [6, 6.07) is 4.86. The summed E-state index contributed by atoms with van der Waals surface area (Å²) in [4.78, 5) is 58.2. The number of pyridine rings is 1. The fourth-order valence-electron chi connectivity index (χ4n) is 5.23. The van der Waals surface area contributed by atoms with E-state index in [1.807, 2.05) is 0 Å². The van der Waals surface area contributed by atoms with Crippen molar-refractivity contribution in [3.8, 4) is 5.75 Å². The molecule has 1 aromatic heterocycles. The van der Waals surface area contributed by atoms with Crippen LogP contribution in [0.25, 0.3) is 10.9 Å². The molecule has 0 radical (unpaired) electrons. The van der Waals surface area contributed by atoms with Gasteiger partial charge in [-0.2, -0.15) is 0 Å². The highest BCUT2D eigenvalue weighted by atomic mass is 35.5. The van der Waals surface area contributed by atoms with Gasteiger partial charge in [0.25, 0.3) is 0 Å². The van der Waals surface area contributed by atoms with E-state index in [4.69, 9.17) is 21.1 Å². The molecule has 1 saturated heterocycles. The van der Waals surface area contributed by atoms with E-state index < -0.39 is 58.6 Å². The standard InChI is InChI=1S/C30H39ClN4O7/c1-28(2,3)23(33-27(40)42-29(4,5)6)25(37)35-16-18(15-21(35)24(36)34-30(26(38)39)11-7-12-30)41-22-10-13-32-20-14-17(31)8-9-19(20)22/h8-10,13-14,18,21,23H,7,11-12,15-16H2,1-6H3,(H,33,40)(H,34,36)(H,38,39)/t18?,21-,23+/m0/s1. The number of nitrogens with one attached hydrogen (secondary N) is 2. The number of nitrogens with zero attached hydrogens (tertiary/aromatic N) is 2. The number of hydrogen-bond donors (Lipinski definition) is 3. The van der Waals surface area contributed by atoms with Crippen molar-refractivity contribution >= 4 is 46.4 Å². The summed E-state index contributed by atoms with van der Waals surface area (Å²) < 4.78 is 11.7. The molecule has 2 fully saturated rings. The smallest absolute Gasteiger partial charge is 0.408 e. The van der Waals surface area contributed by atoms with E-state index in [0.29, 0.717) is 40.9 Å². The first-order chi connectivity index (χ1) is 19.5. The van der Waals surface area contributed by atoms with Crippen LogP contribution in [0.5, 0.6) is 5.75 Å². The Morgan fingerprint density at radius 1 is 1.12 bits per heavy atom. The van der Waals surface area contributed by atoms with Crippen LogP contribution < -0.4 is 15.4 Å². The molecule has 4 rings (SSSR count). The largest absolute Gasteiger partial charge is 0.488 e. The van der Waals surface area contributed by atoms with E-state index in [-0.39, 0.29) is 13.0 Å². The molecule has 3 N–H and O–H groups in total. The first-order valence-corrected chi connectivity index (χ1v) is 14.4. The zero-order chi connectivity index (χ0) is 31.0. The van der Waals surface area contributed by atoms with Gasteiger partial charge in [-0.3, -0.25) is 14.6 Å². The summed E-state index contributed by atoms with van der Waals surface area (Å²) in [6.45, 7) is 10.6. The molecule has 0 bridgehead atoms. The number of amides is 3. The van der Waals surface area contributed by atoms with Gasteiger partial charge in [0.2, 0.25) is 11.8 Å². The molecule has 3 amide bonds. The lowest BCUT2D eigenvalue weighted by Crippen LogP contribution is -2.63. The van der Waals surface area contributed by atoms with Crippen LogP contribution >= 0.6 is 11.6 Å². The number of ether oxygens (including phenoxy) is 2. The molecular weight excluding hydrogens is 564 g/mol. The second-order valence-corrected chi connectivity index (χ2v) is 13.6. The van der Waals surface area contributed by atoms with E-state index in [2.05, 4.69) is 15.6 Å². The SMILES string of the molecule is CC(C)(C)OC(=O)N[C@H](C(=O)N1CC(Oc2ccnc3cc(Cl)ccc23)C[C@H]1C(=O)NC1(C(=O)O)CCC1)C(C)(C)C. The predicted octanol–water partition coefficient (Wildman–Crippen LogP) is 4.30. The number of carbonyl (C=O) groups is 4. The van der Waals surface area contributed by atoms with E-state index in [0.717, 1.165) is 0 Å². The molecule has 1 saturated carbocycles. The molecule has 2 aromatic rings. The summed E-state index contributed by atoms with van der Waals surface area (Å²) in [7, 11) is 0. The third kappa shape index (κ3) is 6.88. The number of likely N-dealkylation sites (tertiary alicyclic amines) is 1. The van der Waals surface area contributed by atoms with Crippen molar-refractivity contribution < 1.29 is 33.8 Å². The van der Waals surface area contributed by atoms with Crippen molar-refractivity contribution in [1.82, 2.24) is 20.5 Å². The lowest BCUT2D eigenvalue weighted by molar-refractivity contribution is -0.153. The van der Waals surface area contributed by atoms with Gasteiger partial charge in [-0.05, 0) is 69.7 Å². The maximum absolute atomic E-state index is 14.1. The average Bonchev–Trinajstić information content (AvgIpc) is 3.26. The normalized spacial score (nSPS) is 20.8. The second-order valence-electron chi connectivity index (χ2n) is 13.1. The Morgan fingerprint density at radius 3 is 2.38 bits per heavy atom. The Bertz CT molecular complexity index is 1380. The maximum Gasteiger partial charge on any atom is 0.408 e. The number of benzene rings is 1. The lowest BCUT2D eigenvalue weighted by atomic mass is 9.76. The molecule has 42 heavy (non-hydrogen) atoms. The summed E-state index contributed by atoms with van der Waals surface area (Å²) in [5.74, 6) is -1.67. The molecule has 2 heterocycles. The molecule has 11 nitrogen and oxygen atoms in total. The number of rotatable bonds is 7. The van der Waals surface area contributed by atoms with E-state index >= 15 is 0 Å². The number of carboxylic acid groups (broad SMARTS) is 1. The van der Waals surface area contributed by atoms with Crippen molar-refractivity contribution in [3.63, 3.8) is 0 Å². The summed E-state index contributed by atoms with van der Waals surface area (Å²) >= 11 is 6.13. The third-order valence-corrected chi connectivity index (χ3v) is 7.79. The number of hydrogen-bond acceptors (Lipinski definition) is 7. The van der Waals surface area contributed by atoms with Crippen molar-refractivity contribution in [3.05, 3.63) is 35.5 Å². The number of carboxylic acids is 1. The average molecular weight is 603 g/mol. The Kier molecular flexibility index (Phi) is 8.64. The maximum atomic E-state index is 14.1. The Hall–Kier alpha value is -3.60. The number of fused-ring (bicyclic) bond motifs is 1. The monoisotopic (exact) mass is 602 g/mol. The molecule has 12 heteroatoms. The van der Waals surface area contributed by atoms with Crippen LogP contribution in [0.15, 0.2) is 30.5 Å². The zero-order valence-electron chi connectivity index (χ0n) is 24.8. The van der Waals surface area contributed by atoms with Crippen molar-refractivity contribution in [1.29, 1.82) is 0 Å². The highest BCUT2D eigenvalue weighted by Gasteiger charge is 2.50. The van der Waals surface area contributed by atoms with Gasteiger partial charge in [0, 0.05) is 23.0 Å². The van der Waals surface area contributed by atoms with Gasteiger partial charge in [-0.1, -0.05) is 32.4 Å². The summed E-state index contributed by atoms with van der Waals surface area (Å²) in [5, 5.41) is 16.4. The lowest BCUT2D eigenvalue weighted by Gasteiger charge is -2.40. The molecular formula is C30H39ClN4O7. The van der Waals surface area contributed by atoms with Crippen LogP contribution in [-0.4, -0.2) is 74.7 Å². The van der Waals surface area contributed by atoms with Crippen molar-refractivity contribution in [2.75, 3.05) is 6.54 Å². The second kappa shape index (κ2) is 11.6. The van der Waals surface area contributed by atoms with Gasteiger partial charge in [-0.25, -0.2) is 9.59 Å². The van der Waals surface area contributed by atoms with Gasteiger partial charge < -0.3 is 30.1 Å². The quantitative estimate of drug-likeness (QED) is 0.425. The minimum Gasteiger partial charge on any atom is -0.488 e. The Morgan fingerprint density at radius 2 is 1.81 bits per heavy atom. The van der Waals surface area contributed by atoms with Gasteiger partial charge >= 0.3 is 12.1 Å². The fourth-order valence-corrected chi connectivity index (χ4v) is 5.40. The Balaban J connectivity index is 1.63. The minimum atomic E-state index is -1.36. The molecule has 1 aliphatic heterocycles. The number of carbonyl (C=O) groups excluding carboxylic acids is 3. The molecule has 1 aliphatic carbocycles. The highest BCUT2D eigenvalue weighted by Crippen LogP contribution is 2.35. The molecule has 1 unspecified atom stereocenters. The molecule has 0 spiro atoms. The van der Waals surface area contributed by atoms with Crippen LogP contribution in [0.4, 0.5) is 4.79 Å². The summed E-state index contributed by atoms with van der Waals surface area (Å²) in [6.07, 6.45) is 1.64. The number of halogens is 1. The van der Waals surface area contributed by atoms with Crippen LogP contribution in [-0.2, 0) is 19.1 Å². The van der Waals surface area contributed by atoms with Crippen molar-refractivity contribution in [2.24, 2.45) is 5.41 Å². The van der Waals surface area contributed by atoms with Gasteiger partial charge in [0.1, 0.15) is 35.1 Å². The fraction of sp³-hybridized carbons (Fsp3) is 0.567. The molecule has 2 aliphatic rings. The van der Waals surface area contributed by atoms with E-state index in [9.17, 15) is 24.3 Å². The van der Waals surface area contributed by atoms with E-state index in [1.165, 1.54) is 4.90 Å².